The number of sulfone groups is 1. The largest absolute Gasteiger partial charge is 0.465 e. The molecule has 0 aliphatic carbocycles. The Bertz CT molecular complexity index is 1070. The summed E-state index contributed by atoms with van der Waals surface area (Å²) in [6.07, 6.45) is 2.56. The zero-order chi connectivity index (χ0) is 18.9. The zero-order valence-corrected chi connectivity index (χ0v) is 14.8. The molecule has 0 aliphatic heterocycles. The minimum absolute atomic E-state index is 0.158. The third-order valence-corrected chi connectivity index (χ3v) is 4.88. The number of methoxy groups -OCH3 is 1. The number of hydrogen-bond acceptors (Lipinski definition) is 5. The zero-order valence-electron chi connectivity index (χ0n) is 14.0. The Morgan fingerprint density at radius 2 is 1.85 bits per heavy atom. The van der Waals surface area contributed by atoms with E-state index in [1.165, 1.54) is 48.3 Å². The molecule has 0 radical (unpaired) electrons. The third kappa shape index (κ3) is 3.50. The molecule has 134 valence electrons. The summed E-state index contributed by atoms with van der Waals surface area (Å²) >= 11 is 0. The molecule has 0 spiro atoms. The van der Waals surface area contributed by atoms with Crippen LogP contribution in [0, 0.1) is 5.82 Å². The number of carbonyl (C=O) groups excluding carboxylic acids is 1. The van der Waals surface area contributed by atoms with Gasteiger partial charge in [0, 0.05) is 18.0 Å². The van der Waals surface area contributed by atoms with Gasteiger partial charge in [0.2, 0.25) is 0 Å². The number of carbonyl (C=O) groups is 1. The third-order valence-electron chi connectivity index (χ3n) is 3.75. The van der Waals surface area contributed by atoms with E-state index in [9.17, 15) is 17.6 Å². The number of halogens is 1. The van der Waals surface area contributed by atoms with Crippen LogP contribution in [0.4, 0.5) is 4.39 Å². The van der Waals surface area contributed by atoms with E-state index in [-0.39, 0.29) is 10.5 Å². The molecule has 0 saturated carbocycles. The van der Waals surface area contributed by atoms with Crippen LogP contribution in [0.25, 0.3) is 16.9 Å². The van der Waals surface area contributed by atoms with Crippen molar-refractivity contribution >= 4 is 15.8 Å². The Kier molecular flexibility index (Phi) is 4.60. The van der Waals surface area contributed by atoms with Gasteiger partial charge < -0.3 is 4.74 Å². The highest BCUT2D eigenvalue weighted by Crippen LogP contribution is 2.26. The van der Waals surface area contributed by atoms with Crippen LogP contribution in [0.1, 0.15) is 10.4 Å². The highest BCUT2D eigenvalue weighted by Gasteiger charge is 2.20. The summed E-state index contributed by atoms with van der Waals surface area (Å²) in [7, 11) is -2.09. The van der Waals surface area contributed by atoms with Crippen molar-refractivity contribution in [3.8, 4) is 16.9 Å². The maximum Gasteiger partial charge on any atom is 0.341 e. The summed E-state index contributed by atoms with van der Waals surface area (Å²) < 4.78 is 42.8. The van der Waals surface area contributed by atoms with Crippen molar-refractivity contribution < 1.29 is 22.3 Å². The number of aromatic nitrogens is 2. The Morgan fingerprint density at radius 3 is 2.42 bits per heavy atom. The van der Waals surface area contributed by atoms with Crippen molar-refractivity contribution in [2.45, 2.75) is 4.90 Å². The van der Waals surface area contributed by atoms with Crippen LogP contribution in [0.5, 0.6) is 0 Å². The van der Waals surface area contributed by atoms with Crippen LogP contribution >= 0.6 is 0 Å². The number of esters is 1. The molecule has 26 heavy (non-hydrogen) atoms. The number of nitrogens with zero attached hydrogens (tertiary/aromatic N) is 2. The maximum absolute atomic E-state index is 13.5. The van der Waals surface area contributed by atoms with E-state index in [2.05, 4.69) is 5.10 Å². The van der Waals surface area contributed by atoms with Gasteiger partial charge in [-0.15, -0.1) is 0 Å². The molecule has 1 aromatic heterocycles. The summed E-state index contributed by atoms with van der Waals surface area (Å²) in [4.78, 5) is 12.3. The minimum Gasteiger partial charge on any atom is -0.465 e. The van der Waals surface area contributed by atoms with E-state index < -0.39 is 21.6 Å². The van der Waals surface area contributed by atoms with Crippen molar-refractivity contribution in [1.82, 2.24) is 9.78 Å². The molecule has 6 nitrogen and oxygen atoms in total. The van der Waals surface area contributed by atoms with E-state index in [1.807, 2.05) is 0 Å². The average molecular weight is 374 g/mol. The van der Waals surface area contributed by atoms with Crippen molar-refractivity contribution in [2.24, 2.45) is 0 Å². The lowest BCUT2D eigenvalue weighted by atomic mass is 10.1. The molecule has 0 aliphatic rings. The number of rotatable bonds is 4. The molecule has 3 aromatic rings. The Labute approximate surface area is 149 Å². The Morgan fingerprint density at radius 1 is 1.15 bits per heavy atom. The van der Waals surface area contributed by atoms with E-state index in [0.717, 1.165) is 6.26 Å². The molecule has 0 fully saturated rings. The summed E-state index contributed by atoms with van der Waals surface area (Å²) in [5.74, 6) is -1.04. The number of ether oxygens (including phenoxy) is 1. The predicted octanol–water partition coefficient (Wildman–Crippen LogP) is 2.87. The van der Waals surface area contributed by atoms with Crippen LogP contribution in [0.3, 0.4) is 0 Å². The van der Waals surface area contributed by atoms with Gasteiger partial charge >= 0.3 is 5.97 Å². The van der Waals surface area contributed by atoms with Gasteiger partial charge in [0.25, 0.3) is 0 Å². The van der Waals surface area contributed by atoms with Gasteiger partial charge in [-0.3, -0.25) is 0 Å². The Balaban J connectivity index is 2.12. The lowest BCUT2D eigenvalue weighted by molar-refractivity contribution is 0.0601. The van der Waals surface area contributed by atoms with E-state index >= 15 is 0 Å². The maximum atomic E-state index is 13.5. The van der Waals surface area contributed by atoms with Gasteiger partial charge in [-0.2, -0.15) is 5.10 Å². The van der Waals surface area contributed by atoms with Crippen LogP contribution in [-0.2, 0) is 14.6 Å². The van der Waals surface area contributed by atoms with E-state index in [4.69, 9.17) is 4.74 Å². The molecule has 0 atom stereocenters. The molecule has 2 aromatic carbocycles. The highest BCUT2D eigenvalue weighted by atomic mass is 32.2. The van der Waals surface area contributed by atoms with Crippen molar-refractivity contribution in [2.75, 3.05) is 13.4 Å². The molecule has 0 unspecified atom stereocenters. The second-order valence-corrected chi connectivity index (χ2v) is 7.62. The quantitative estimate of drug-likeness (QED) is 0.656. The van der Waals surface area contributed by atoms with Crippen molar-refractivity contribution in [1.29, 1.82) is 0 Å². The molecule has 0 bridgehead atoms. The first-order valence-electron chi connectivity index (χ1n) is 7.54. The molecule has 3 rings (SSSR count). The van der Waals surface area contributed by atoms with E-state index in [1.54, 1.807) is 18.2 Å². The van der Waals surface area contributed by atoms with Crippen LogP contribution in [0.2, 0.25) is 0 Å². The number of benzene rings is 2. The number of hydrogen-bond donors (Lipinski definition) is 0. The summed E-state index contributed by atoms with van der Waals surface area (Å²) in [6.45, 7) is 0. The van der Waals surface area contributed by atoms with Crippen LogP contribution < -0.4 is 0 Å². The smallest absolute Gasteiger partial charge is 0.341 e. The summed E-state index contributed by atoms with van der Waals surface area (Å²) in [5.41, 5.74) is 1.46. The first kappa shape index (κ1) is 17.8. The topological polar surface area (TPSA) is 78.3 Å². The Hall–Kier alpha value is -3.00. The first-order chi connectivity index (χ1) is 12.3. The second-order valence-electron chi connectivity index (χ2n) is 5.60. The van der Waals surface area contributed by atoms with Crippen molar-refractivity contribution in [3.05, 3.63) is 66.1 Å². The van der Waals surface area contributed by atoms with Gasteiger partial charge in [0.05, 0.1) is 17.7 Å². The SMILES string of the molecule is COC(=O)c1cn(-c2cccc(F)c2)nc1-c1ccc(S(C)(=O)=O)cc1. The monoisotopic (exact) mass is 374 g/mol. The van der Waals surface area contributed by atoms with Gasteiger partial charge in [0.1, 0.15) is 17.1 Å². The second kappa shape index (κ2) is 6.72. The molecule has 0 saturated heterocycles. The fraction of sp³-hybridized carbons (Fsp3) is 0.111. The minimum atomic E-state index is -3.33. The fourth-order valence-electron chi connectivity index (χ4n) is 2.46. The van der Waals surface area contributed by atoms with Gasteiger partial charge in [-0.05, 0) is 30.3 Å². The van der Waals surface area contributed by atoms with Gasteiger partial charge in [-0.1, -0.05) is 18.2 Å². The average Bonchev–Trinajstić information content (AvgIpc) is 3.06. The summed E-state index contributed by atoms with van der Waals surface area (Å²) in [6, 6.07) is 11.8. The van der Waals surface area contributed by atoms with Crippen LogP contribution in [-0.4, -0.2) is 37.5 Å². The first-order valence-corrected chi connectivity index (χ1v) is 9.43. The normalized spacial score (nSPS) is 11.3. The molecule has 1 heterocycles. The lowest BCUT2D eigenvalue weighted by Gasteiger charge is -2.03. The molecule has 8 heteroatoms. The highest BCUT2D eigenvalue weighted by molar-refractivity contribution is 7.90. The standard InChI is InChI=1S/C18H15FN2O4S/c1-25-18(22)16-11-21(14-5-3-4-13(19)10-14)20-17(16)12-6-8-15(9-7-12)26(2,23)24/h3-11H,1-2H3. The molecular formula is C18H15FN2O4S. The van der Waals surface area contributed by atoms with Crippen LogP contribution in [0.15, 0.2) is 59.6 Å². The fourth-order valence-corrected chi connectivity index (χ4v) is 3.09. The molecular weight excluding hydrogens is 359 g/mol. The lowest BCUT2D eigenvalue weighted by Crippen LogP contribution is -2.02. The summed E-state index contributed by atoms with van der Waals surface area (Å²) in [5, 5.41) is 4.35. The van der Waals surface area contributed by atoms with Crippen molar-refractivity contribution in [3.63, 3.8) is 0 Å². The molecule has 0 N–H and O–H groups in total. The van der Waals surface area contributed by atoms with Gasteiger partial charge in [0.15, 0.2) is 9.84 Å². The van der Waals surface area contributed by atoms with Gasteiger partial charge in [-0.25, -0.2) is 22.3 Å². The van der Waals surface area contributed by atoms with E-state index in [0.29, 0.717) is 16.9 Å². The molecule has 0 amide bonds. The predicted molar refractivity (Wildman–Crippen MR) is 93.4 cm³/mol.